The highest BCUT2D eigenvalue weighted by molar-refractivity contribution is 6.44. The molecule has 0 aromatic heterocycles. The Morgan fingerprint density at radius 3 is 2.08 bits per heavy atom. The Kier molecular flexibility index (Phi) is 5.47. The van der Waals surface area contributed by atoms with Crippen molar-refractivity contribution in [3.05, 3.63) is 58.3 Å². The van der Waals surface area contributed by atoms with Gasteiger partial charge in [0.1, 0.15) is 11.2 Å². The van der Waals surface area contributed by atoms with E-state index in [0.717, 1.165) is 0 Å². The van der Waals surface area contributed by atoms with E-state index in [-0.39, 0.29) is 15.7 Å². The van der Waals surface area contributed by atoms with Gasteiger partial charge in [0.15, 0.2) is 0 Å². The van der Waals surface area contributed by atoms with Crippen LogP contribution >= 0.6 is 23.2 Å². The van der Waals surface area contributed by atoms with Crippen molar-refractivity contribution in [3.63, 3.8) is 0 Å². The van der Waals surface area contributed by atoms with E-state index in [1.807, 2.05) is 0 Å². The molecule has 2 N–H and O–H groups in total. The molecule has 0 aliphatic carbocycles. The molecule has 2 aromatic rings. The van der Waals surface area contributed by atoms with Crippen molar-refractivity contribution < 1.29 is 14.0 Å². The first-order chi connectivity index (χ1) is 11.2. The van der Waals surface area contributed by atoms with Crippen LogP contribution < -0.4 is 10.6 Å². The molecule has 7 heteroatoms. The number of nitrogens with one attached hydrogen (secondary N) is 2. The van der Waals surface area contributed by atoms with Gasteiger partial charge in [0.05, 0.1) is 21.4 Å². The van der Waals surface area contributed by atoms with Gasteiger partial charge in [-0.15, -0.1) is 0 Å². The number of rotatable bonds is 4. The summed E-state index contributed by atoms with van der Waals surface area (Å²) in [6.45, 7) is 2.86. The van der Waals surface area contributed by atoms with Crippen molar-refractivity contribution in [1.82, 2.24) is 0 Å². The van der Waals surface area contributed by atoms with Crippen LogP contribution in [-0.2, 0) is 9.59 Å². The highest BCUT2D eigenvalue weighted by Gasteiger charge is 2.36. The molecule has 126 valence electrons. The van der Waals surface area contributed by atoms with E-state index in [2.05, 4.69) is 10.6 Å². The van der Waals surface area contributed by atoms with Crippen molar-refractivity contribution in [2.75, 3.05) is 10.6 Å². The maximum Gasteiger partial charge on any atom is 0.239 e. The van der Waals surface area contributed by atoms with Crippen LogP contribution in [0.2, 0.25) is 10.0 Å². The van der Waals surface area contributed by atoms with Crippen molar-refractivity contribution >= 4 is 46.4 Å². The summed E-state index contributed by atoms with van der Waals surface area (Å²) >= 11 is 11.9. The lowest BCUT2D eigenvalue weighted by atomic mass is 9.90. The number of para-hydroxylation sites is 1. The molecule has 2 aromatic carbocycles. The molecular weight excluding hydrogens is 354 g/mol. The molecule has 2 amide bonds. The third-order valence-electron chi connectivity index (χ3n) is 3.46. The minimum absolute atomic E-state index is 0.00385. The van der Waals surface area contributed by atoms with Gasteiger partial charge in [0.25, 0.3) is 0 Å². The van der Waals surface area contributed by atoms with Crippen LogP contribution in [0.3, 0.4) is 0 Å². The number of hydrogen-bond acceptors (Lipinski definition) is 2. The van der Waals surface area contributed by atoms with Crippen LogP contribution in [-0.4, -0.2) is 11.8 Å². The largest absolute Gasteiger partial charge is 0.324 e. The summed E-state index contributed by atoms with van der Waals surface area (Å²) in [4.78, 5) is 24.8. The second-order valence-electron chi connectivity index (χ2n) is 5.61. The number of amides is 2. The summed E-state index contributed by atoms with van der Waals surface area (Å²) in [5, 5.41) is 5.43. The fourth-order valence-electron chi connectivity index (χ4n) is 1.82. The van der Waals surface area contributed by atoms with Gasteiger partial charge >= 0.3 is 0 Å². The average molecular weight is 369 g/mol. The monoisotopic (exact) mass is 368 g/mol. The number of anilines is 2. The molecule has 2 rings (SSSR count). The molecular formula is C17H15Cl2FN2O2. The molecule has 0 bridgehead atoms. The Hall–Kier alpha value is -2.11. The number of carbonyl (C=O) groups excluding carboxylic acids is 2. The minimum Gasteiger partial charge on any atom is -0.324 e. The molecule has 0 aliphatic rings. The van der Waals surface area contributed by atoms with E-state index in [9.17, 15) is 14.0 Å². The molecule has 4 nitrogen and oxygen atoms in total. The average Bonchev–Trinajstić information content (AvgIpc) is 2.53. The predicted molar refractivity (Wildman–Crippen MR) is 93.9 cm³/mol. The Labute approximate surface area is 149 Å². The van der Waals surface area contributed by atoms with E-state index in [0.29, 0.717) is 5.69 Å². The Balaban J connectivity index is 2.16. The number of carbonyl (C=O) groups is 2. The third kappa shape index (κ3) is 3.86. The molecule has 24 heavy (non-hydrogen) atoms. The van der Waals surface area contributed by atoms with Crippen molar-refractivity contribution in [3.8, 4) is 0 Å². The van der Waals surface area contributed by atoms with E-state index >= 15 is 0 Å². The van der Waals surface area contributed by atoms with E-state index in [4.69, 9.17) is 23.2 Å². The van der Waals surface area contributed by atoms with Gasteiger partial charge in [0.2, 0.25) is 11.8 Å². The quantitative estimate of drug-likeness (QED) is 0.765. The van der Waals surface area contributed by atoms with E-state index in [1.54, 1.807) is 24.3 Å². The maximum atomic E-state index is 13.6. The third-order valence-corrected chi connectivity index (χ3v) is 4.28. The SMILES string of the molecule is CC(C)(C(=O)Nc1ccccc1F)C(=O)Nc1cccc(Cl)c1Cl. The van der Waals surface area contributed by atoms with Gasteiger partial charge in [-0.3, -0.25) is 9.59 Å². The normalized spacial score (nSPS) is 11.0. The number of halogens is 3. The van der Waals surface area contributed by atoms with E-state index in [1.165, 1.54) is 32.0 Å². The molecule has 0 heterocycles. The standard InChI is InChI=1S/C17H15Cl2FN2O2/c1-17(2,15(23)21-12-8-4-3-7-11(12)20)16(24)22-13-9-5-6-10(18)14(13)19/h3-9H,1-2H3,(H,21,23)(H,22,24). The molecule has 0 aliphatic heterocycles. The lowest BCUT2D eigenvalue weighted by Gasteiger charge is -2.23. The smallest absolute Gasteiger partial charge is 0.239 e. The van der Waals surface area contributed by atoms with Crippen LogP contribution in [0.15, 0.2) is 42.5 Å². The highest BCUT2D eigenvalue weighted by atomic mass is 35.5. The number of benzene rings is 2. The Morgan fingerprint density at radius 2 is 1.46 bits per heavy atom. The first kappa shape index (κ1) is 18.2. The molecule has 0 atom stereocenters. The molecule has 0 spiro atoms. The van der Waals surface area contributed by atoms with Crippen molar-refractivity contribution in [2.45, 2.75) is 13.8 Å². The van der Waals surface area contributed by atoms with Gasteiger partial charge in [-0.1, -0.05) is 41.4 Å². The highest BCUT2D eigenvalue weighted by Crippen LogP contribution is 2.31. The zero-order chi connectivity index (χ0) is 17.9. The van der Waals surface area contributed by atoms with Crippen molar-refractivity contribution in [1.29, 1.82) is 0 Å². The molecule has 0 unspecified atom stereocenters. The van der Waals surface area contributed by atoms with Crippen LogP contribution in [0.1, 0.15) is 13.8 Å². The zero-order valence-electron chi connectivity index (χ0n) is 13.0. The fourth-order valence-corrected chi connectivity index (χ4v) is 2.17. The molecule has 0 fully saturated rings. The Bertz CT molecular complexity index is 794. The summed E-state index contributed by atoms with van der Waals surface area (Å²) in [5.41, 5.74) is -1.17. The van der Waals surface area contributed by atoms with Gasteiger partial charge in [0, 0.05) is 0 Å². The van der Waals surface area contributed by atoms with Crippen LogP contribution in [0.25, 0.3) is 0 Å². The second-order valence-corrected chi connectivity index (χ2v) is 6.40. The summed E-state index contributed by atoms with van der Waals surface area (Å²) in [6.07, 6.45) is 0. The fraction of sp³-hybridized carbons (Fsp3) is 0.176. The van der Waals surface area contributed by atoms with Crippen molar-refractivity contribution in [2.24, 2.45) is 5.41 Å². The number of hydrogen-bond donors (Lipinski definition) is 2. The van der Waals surface area contributed by atoms with Gasteiger partial charge in [-0.25, -0.2) is 4.39 Å². The van der Waals surface area contributed by atoms with E-state index < -0.39 is 23.0 Å². The van der Waals surface area contributed by atoms with Crippen LogP contribution in [0.4, 0.5) is 15.8 Å². The first-order valence-corrected chi connectivity index (χ1v) is 7.80. The van der Waals surface area contributed by atoms with Crippen LogP contribution in [0.5, 0.6) is 0 Å². The summed E-state index contributed by atoms with van der Waals surface area (Å²) in [5.74, 6) is -1.83. The predicted octanol–water partition coefficient (Wildman–Crippen LogP) is 4.74. The van der Waals surface area contributed by atoms with Gasteiger partial charge in [-0.05, 0) is 38.1 Å². The molecule has 0 saturated carbocycles. The molecule has 0 saturated heterocycles. The molecule has 0 radical (unpaired) electrons. The Morgan fingerprint density at radius 1 is 0.917 bits per heavy atom. The van der Waals surface area contributed by atoms with Gasteiger partial charge in [-0.2, -0.15) is 0 Å². The summed E-state index contributed by atoms with van der Waals surface area (Å²) < 4.78 is 13.6. The lowest BCUT2D eigenvalue weighted by molar-refractivity contribution is -0.135. The second kappa shape index (κ2) is 7.20. The maximum absolute atomic E-state index is 13.6. The first-order valence-electron chi connectivity index (χ1n) is 7.05. The summed E-state index contributed by atoms with van der Waals surface area (Å²) in [6, 6.07) is 10.5. The van der Waals surface area contributed by atoms with Crippen LogP contribution in [0, 0.1) is 11.2 Å². The summed E-state index contributed by atoms with van der Waals surface area (Å²) in [7, 11) is 0. The topological polar surface area (TPSA) is 58.2 Å². The minimum atomic E-state index is -1.46. The lowest BCUT2D eigenvalue weighted by Crippen LogP contribution is -2.41. The van der Waals surface area contributed by atoms with Gasteiger partial charge < -0.3 is 10.6 Å². The zero-order valence-corrected chi connectivity index (χ0v) is 14.5.